The lowest BCUT2D eigenvalue weighted by atomic mass is 10.2. The Morgan fingerprint density at radius 3 is 2.56 bits per heavy atom. The number of aryl methyl sites for hydroxylation is 1. The first-order chi connectivity index (χ1) is 11.9. The second-order valence-electron chi connectivity index (χ2n) is 5.19. The summed E-state index contributed by atoms with van der Waals surface area (Å²) in [7, 11) is 0. The van der Waals surface area contributed by atoms with Crippen LogP contribution in [0.25, 0.3) is 5.69 Å². The van der Waals surface area contributed by atoms with Crippen LogP contribution in [0.3, 0.4) is 0 Å². The Hall–Kier alpha value is -2.55. The molecule has 25 heavy (non-hydrogen) atoms. The fraction of sp³-hybridized carbons (Fsp3) is 0.188. The number of alkyl halides is 3. The van der Waals surface area contributed by atoms with Crippen molar-refractivity contribution < 1.29 is 17.9 Å². The third kappa shape index (κ3) is 4.72. The molecule has 1 heterocycles. The molecule has 0 atom stereocenters. The predicted octanol–water partition coefficient (Wildman–Crippen LogP) is 4.16. The van der Waals surface area contributed by atoms with Crippen LogP contribution in [-0.4, -0.2) is 26.6 Å². The number of benzene rings is 2. The summed E-state index contributed by atoms with van der Waals surface area (Å²) in [6.45, 7) is 1.98. The fourth-order valence-electron chi connectivity index (χ4n) is 2.13. The van der Waals surface area contributed by atoms with E-state index >= 15 is 0 Å². The van der Waals surface area contributed by atoms with Crippen molar-refractivity contribution in [1.82, 2.24) is 20.2 Å². The Balaban J connectivity index is 1.68. The van der Waals surface area contributed by atoms with Gasteiger partial charge in [-0.2, -0.15) is 4.68 Å². The van der Waals surface area contributed by atoms with Crippen LogP contribution in [0.15, 0.2) is 53.7 Å². The molecule has 3 aromatic rings. The van der Waals surface area contributed by atoms with Crippen LogP contribution >= 0.6 is 11.8 Å². The minimum Gasteiger partial charge on any atom is -0.406 e. The van der Waals surface area contributed by atoms with E-state index in [2.05, 4.69) is 20.3 Å². The lowest BCUT2D eigenvalue weighted by Gasteiger charge is -2.09. The van der Waals surface area contributed by atoms with E-state index in [0.717, 1.165) is 16.8 Å². The summed E-state index contributed by atoms with van der Waals surface area (Å²) in [5.41, 5.74) is 2.77. The van der Waals surface area contributed by atoms with E-state index in [9.17, 15) is 13.2 Å². The van der Waals surface area contributed by atoms with Crippen molar-refractivity contribution in [2.45, 2.75) is 24.2 Å². The van der Waals surface area contributed by atoms with Crippen molar-refractivity contribution in [2.24, 2.45) is 0 Å². The van der Waals surface area contributed by atoms with E-state index in [1.807, 2.05) is 31.2 Å². The number of rotatable bonds is 5. The first-order valence-corrected chi connectivity index (χ1v) is 8.22. The lowest BCUT2D eigenvalue weighted by molar-refractivity contribution is -0.274. The molecule has 0 aliphatic heterocycles. The van der Waals surface area contributed by atoms with Gasteiger partial charge in [-0.1, -0.05) is 36.0 Å². The molecular weight excluding hydrogens is 353 g/mol. The van der Waals surface area contributed by atoms with Crippen LogP contribution in [0.4, 0.5) is 13.2 Å². The number of hydrogen-bond acceptors (Lipinski definition) is 5. The number of hydrogen-bond donors (Lipinski definition) is 0. The highest BCUT2D eigenvalue weighted by molar-refractivity contribution is 7.98. The van der Waals surface area contributed by atoms with Gasteiger partial charge >= 0.3 is 6.36 Å². The maximum Gasteiger partial charge on any atom is 0.573 e. The number of aromatic nitrogens is 4. The molecule has 0 aliphatic carbocycles. The first kappa shape index (κ1) is 17.3. The molecule has 0 radical (unpaired) electrons. The van der Waals surface area contributed by atoms with E-state index in [0.29, 0.717) is 10.9 Å². The molecule has 5 nitrogen and oxygen atoms in total. The molecule has 0 fully saturated rings. The number of nitrogens with zero attached hydrogens (tertiary/aromatic N) is 4. The van der Waals surface area contributed by atoms with Crippen molar-refractivity contribution in [3.05, 3.63) is 59.7 Å². The van der Waals surface area contributed by atoms with Gasteiger partial charge in [-0.25, -0.2) is 0 Å². The molecule has 3 rings (SSSR count). The molecule has 0 bridgehead atoms. The van der Waals surface area contributed by atoms with Gasteiger partial charge in [0.2, 0.25) is 5.16 Å². The molecular formula is C16H13F3N4OS. The molecule has 0 saturated heterocycles. The van der Waals surface area contributed by atoms with E-state index in [4.69, 9.17) is 0 Å². The Morgan fingerprint density at radius 2 is 1.88 bits per heavy atom. The van der Waals surface area contributed by atoms with E-state index < -0.39 is 6.36 Å². The summed E-state index contributed by atoms with van der Waals surface area (Å²) in [6.07, 6.45) is -4.69. The maximum atomic E-state index is 12.2. The van der Waals surface area contributed by atoms with Crippen LogP contribution in [0, 0.1) is 6.92 Å². The van der Waals surface area contributed by atoms with Gasteiger partial charge in [0.1, 0.15) is 5.75 Å². The van der Waals surface area contributed by atoms with Gasteiger partial charge < -0.3 is 4.74 Å². The number of halogens is 3. The van der Waals surface area contributed by atoms with Crippen molar-refractivity contribution in [3.63, 3.8) is 0 Å². The average molecular weight is 366 g/mol. The Morgan fingerprint density at radius 1 is 1.12 bits per heavy atom. The van der Waals surface area contributed by atoms with E-state index in [-0.39, 0.29) is 5.75 Å². The third-order valence-electron chi connectivity index (χ3n) is 3.21. The van der Waals surface area contributed by atoms with Gasteiger partial charge in [0.25, 0.3) is 0 Å². The quantitative estimate of drug-likeness (QED) is 0.635. The highest BCUT2D eigenvalue weighted by Gasteiger charge is 2.30. The van der Waals surface area contributed by atoms with E-state index in [1.165, 1.54) is 23.9 Å². The van der Waals surface area contributed by atoms with Gasteiger partial charge in [0, 0.05) is 5.75 Å². The normalized spacial score (nSPS) is 11.5. The number of ether oxygens (including phenoxy) is 1. The lowest BCUT2D eigenvalue weighted by Crippen LogP contribution is -2.16. The summed E-state index contributed by atoms with van der Waals surface area (Å²) in [4.78, 5) is 0. The second kappa shape index (κ2) is 7.14. The SMILES string of the molecule is Cc1cccc(-n2nnnc2SCc2ccc(OC(F)(F)F)cc2)c1. The summed E-state index contributed by atoms with van der Waals surface area (Å²) < 4.78 is 42.0. The zero-order valence-corrected chi connectivity index (χ0v) is 13.9. The predicted molar refractivity (Wildman–Crippen MR) is 86.6 cm³/mol. The average Bonchev–Trinajstić information content (AvgIpc) is 3.01. The second-order valence-corrected chi connectivity index (χ2v) is 6.14. The smallest absolute Gasteiger partial charge is 0.406 e. The zero-order chi connectivity index (χ0) is 17.9. The van der Waals surface area contributed by atoms with Gasteiger partial charge in [0.15, 0.2) is 0 Å². The highest BCUT2D eigenvalue weighted by Crippen LogP contribution is 2.26. The summed E-state index contributed by atoms with van der Waals surface area (Å²) >= 11 is 1.39. The summed E-state index contributed by atoms with van der Waals surface area (Å²) in [5, 5.41) is 12.3. The molecule has 0 aliphatic rings. The van der Waals surface area contributed by atoms with Crippen molar-refractivity contribution in [2.75, 3.05) is 0 Å². The van der Waals surface area contributed by atoms with Crippen LogP contribution < -0.4 is 4.74 Å². The van der Waals surface area contributed by atoms with E-state index in [1.54, 1.807) is 16.8 Å². The van der Waals surface area contributed by atoms with Gasteiger partial charge in [-0.15, -0.1) is 18.3 Å². The van der Waals surface area contributed by atoms with Crippen LogP contribution in [-0.2, 0) is 5.75 Å². The minimum absolute atomic E-state index is 0.245. The summed E-state index contributed by atoms with van der Waals surface area (Å²) in [5.74, 6) is 0.268. The van der Waals surface area contributed by atoms with Crippen LogP contribution in [0.1, 0.15) is 11.1 Å². The Labute approximate surface area is 145 Å². The first-order valence-electron chi connectivity index (χ1n) is 7.24. The van der Waals surface area contributed by atoms with Crippen LogP contribution in [0.5, 0.6) is 5.75 Å². The highest BCUT2D eigenvalue weighted by atomic mass is 32.2. The van der Waals surface area contributed by atoms with Crippen molar-refractivity contribution in [1.29, 1.82) is 0 Å². The molecule has 2 aromatic carbocycles. The van der Waals surface area contributed by atoms with Gasteiger partial charge in [0.05, 0.1) is 5.69 Å². The summed E-state index contributed by atoms with van der Waals surface area (Å²) in [6, 6.07) is 13.5. The molecule has 0 spiro atoms. The standard InChI is InChI=1S/C16H13F3N4OS/c1-11-3-2-4-13(9-11)23-15(20-21-22-23)25-10-12-5-7-14(8-6-12)24-16(17,18)19/h2-9H,10H2,1H3. The molecule has 9 heteroatoms. The molecule has 0 saturated carbocycles. The molecule has 1 aromatic heterocycles. The molecule has 0 N–H and O–H groups in total. The Bertz CT molecular complexity index is 849. The number of thioether (sulfide) groups is 1. The fourth-order valence-corrected chi connectivity index (χ4v) is 2.97. The molecule has 130 valence electrons. The van der Waals surface area contributed by atoms with Crippen molar-refractivity contribution >= 4 is 11.8 Å². The largest absolute Gasteiger partial charge is 0.573 e. The Kier molecular flexibility index (Phi) is 4.93. The molecule has 0 amide bonds. The minimum atomic E-state index is -4.69. The topological polar surface area (TPSA) is 52.8 Å². The third-order valence-corrected chi connectivity index (χ3v) is 4.20. The van der Waals surface area contributed by atoms with Crippen molar-refractivity contribution in [3.8, 4) is 11.4 Å². The number of tetrazole rings is 1. The zero-order valence-electron chi connectivity index (χ0n) is 13.1. The van der Waals surface area contributed by atoms with Gasteiger partial charge in [-0.05, 0) is 52.7 Å². The van der Waals surface area contributed by atoms with Crippen LogP contribution in [0.2, 0.25) is 0 Å². The van der Waals surface area contributed by atoms with Gasteiger partial charge in [-0.3, -0.25) is 0 Å². The maximum absolute atomic E-state index is 12.2. The monoisotopic (exact) mass is 366 g/mol. The molecule has 0 unspecified atom stereocenters.